The summed E-state index contributed by atoms with van der Waals surface area (Å²) in [5, 5.41) is 15.0. The van der Waals surface area contributed by atoms with Gasteiger partial charge >= 0.3 is 0 Å². The van der Waals surface area contributed by atoms with Crippen LogP contribution in [-0.2, 0) is 11.2 Å². The first-order valence-electron chi connectivity index (χ1n) is 9.17. The fraction of sp³-hybridized carbons (Fsp3) is 0.238. The van der Waals surface area contributed by atoms with Crippen molar-refractivity contribution < 1.29 is 9.47 Å². The Morgan fingerprint density at radius 1 is 1.00 bits per heavy atom. The van der Waals surface area contributed by atoms with Gasteiger partial charge in [-0.3, -0.25) is 0 Å². The molecule has 0 aliphatic carbocycles. The van der Waals surface area contributed by atoms with Gasteiger partial charge in [0.15, 0.2) is 5.82 Å². The molecular weight excluding hydrogens is 354 g/mol. The van der Waals surface area contributed by atoms with E-state index in [2.05, 4.69) is 32.8 Å². The summed E-state index contributed by atoms with van der Waals surface area (Å²) in [5.41, 5.74) is 2.88. The average Bonchev–Trinajstić information content (AvgIpc) is 3.26. The molecule has 0 spiro atoms. The van der Waals surface area contributed by atoms with Crippen molar-refractivity contribution in [1.29, 1.82) is 0 Å². The van der Waals surface area contributed by atoms with Crippen molar-refractivity contribution in [2.24, 2.45) is 0 Å². The van der Waals surface area contributed by atoms with Gasteiger partial charge in [0.1, 0.15) is 11.9 Å². The molecule has 0 fully saturated rings. The van der Waals surface area contributed by atoms with Crippen molar-refractivity contribution in [3.8, 4) is 5.75 Å². The van der Waals surface area contributed by atoms with Crippen molar-refractivity contribution in [3.63, 3.8) is 0 Å². The number of aromatic nitrogens is 5. The van der Waals surface area contributed by atoms with Crippen molar-refractivity contribution in [3.05, 3.63) is 77.7 Å². The number of pyridine rings is 1. The van der Waals surface area contributed by atoms with Crippen LogP contribution >= 0.6 is 0 Å². The normalized spacial score (nSPS) is 12.2. The number of nitrogens with zero attached hydrogens (tertiary/aromatic N) is 4. The standard InChI is InChI=1S/C21H21N5O2/c1-27-21(19-13-10-15-5-2-3-6-18(15)22-19)16-8-11-17(12-9-16)28-14-4-7-20-23-25-26-24-20/h2-3,5-6,8-13,21H,4,7,14H2,1H3,(H,23,24,25,26). The van der Waals surface area contributed by atoms with Crippen molar-refractivity contribution in [2.75, 3.05) is 13.7 Å². The molecule has 0 saturated carbocycles. The van der Waals surface area contributed by atoms with Crippen molar-refractivity contribution in [2.45, 2.75) is 18.9 Å². The number of hydrogen-bond acceptors (Lipinski definition) is 6. The molecule has 1 unspecified atom stereocenters. The minimum Gasteiger partial charge on any atom is -0.494 e. The third-order valence-corrected chi connectivity index (χ3v) is 4.51. The van der Waals surface area contributed by atoms with Crippen LogP contribution in [0.5, 0.6) is 5.75 Å². The highest BCUT2D eigenvalue weighted by Crippen LogP contribution is 2.27. The zero-order valence-electron chi connectivity index (χ0n) is 15.6. The van der Waals surface area contributed by atoms with Crippen LogP contribution in [-0.4, -0.2) is 39.3 Å². The molecule has 2 aromatic carbocycles. The van der Waals surface area contributed by atoms with Gasteiger partial charge in [-0.25, -0.2) is 4.98 Å². The van der Waals surface area contributed by atoms with Gasteiger partial charge in [0.2, 0.25) is 0 Å². The second kappa shape index (κ2) is 8.58. The third-order valence-electron chi connectivity index (χ3n) is 4.51. The number of aromatic amines is 1. The van der Waals surface area contributed by atoms with E-state index in [-0.39, 0.29) is 6.10 Å². The highest BCUT2D eigenvalue weighted by molar-refractivity contribution is 5.78. The number of nitrogens with one attached hydrogen (secondary N) is 1. The first-order chi connectivity index (χ1) is 13.8. The Bertz CT molecular complexity index is 1020. The van der Waals surface area contributed by atoms with E-state index >= 15 is 0 Å². The Hall–Kier alpha value is -3.32. The summed E-state index contributed by atoms with van der Waals surface area (Å²) in [6.45, 7) is 0.591. The first-order valence-corrected chi connectivity index (χ1v) is 9.17. The van der Waals surface area contributed by atoms with Crippen LogP contribution < -0.4 is 4.74 Å². The molecule has 0 amide bonds. The summed E-state index contributed by atoms with van der Waals surface area (Å²) in [7, 11) is 1.70. The maximum absolute atomic E-state index is 5.79. The number of tetrazole rings is 1. The van der Waals surface area contributed by atoms with E-state index in [4.69, 9.17) is 14.5 Å². The summed E-state index contributed by atoms with van der Waals surface area (Å²) < 4.78 is 11.5. The highest BCUT2D eigenvalue weighted by Gasteiger charge is 2.15. The van der Waals surface area contributed by atoms with Gasteiger partial charge in [-0.15, -0.1) is 10.2 Å². The molecule has 4 rings (SSSR count). The molecule has 1 atom stereocenters. The van der Waals surface area contributed by atoms with Gasteiger partial charge in [-0.1, -0.05) is 41.6 Å². The number of fused-ring (bicyclic) bond motifs is 1. The number of H-pyrrole nitrogens is 1. The van der Waals surface area contributed by atoms with Gasteiger partial charge in [0, 0.05) is 18.9 Å². The monoisotopic (exact) mass is 375 g/mol. The van der Waals surface area contributed by atoms with E-state index in [9.17, 15) is 0 Å². The zero-order valence-corrected chi connectivity index (χ0v) is 15.6. The van der Waals surface area contributed by atoms with Gasteiger partial charge in [0.05, 0.1) is 17.8 Å². The second-order valence-corrected chi connectivity index (χ2v) is 6.39. The van der Waals surface area contributed by atoms with Gasteiger partial charge in [-0.05, 0) is 36.2 Å². The number of ether oxygens (including phenoxy) is 2. The number of aryl methyl sites for hydroxylation is 1. The predicted octanol–water partition coefficient (Wildman–Crippen LogP) is 3.50. The summed E-state index contributed by atoms with van der Waals surface area (Å²) >= 11 is 0. The van der Waals surface area contributed by atoms with Gasteiger partial charge in [-0.2, -0.15) is 5.21 Å². The predicted molar refractivity (Wildman–Crippen MR) is 105 cm³/mol. The first kappa shape index (κ1) is 18.1. The number of para-hydroxylation sites is 1. The lowest BCUT2D eigenvalue weighted by molar-refractivity contribution is 0.133. The molecule has 0 aliphatic rings. The SMILES string of the molecule is COC(c1ccc(OCCCc2nn[nH]n2)cc1)c1ccc2ccccc2n1. The second-order valence-electron chi connectivity index (χ2n) is 6.39. The van der Waals surface area contributed by atoms with Crippen LogP contribution in [0.3, 0.4) is 0 Å². The Morgan fingerprint density at radius 3 is 2.64 bits per heavy atom. The summed E-state index contributed by atoms with van der Waals surface area (Å²) in [6.07, 6.45) is 1.33. The van der Waals surface area contributed by atoms with Crippen LogP contribution in [0, 0.1) is 0 Å². The minimum absolute atomic E-state index is 0.225. The third kappa shape index (κ3) is 4.15. The quantitative estimate of drug-likeness (QED) is 0.475. The Kier molecular flexibility index (Phi) is 5.53. The summed E-state index contributed by atoms with van der Waals surface area (Å²) in [5.74, 6) is 1.52. The van der Waals surface area contributed by atoms with Crippen LogP contribution in [0.4, 0.5) is 0 Å². The van der Waals surface area contributed by atoms with Crippen LogP contribution in [0.2, 0.25) is 0 Å². The van der Waals surface area contributed by atoms with Gasteiger partial charge in [0.25, 0.3) is 0 Å². The minimum atomic E-state index is -0.225. The Balaban J connectivity index is 1.40. The smallest absolute Gasteiger partial charge is 0.174 e. The van der Waals surface area contributed by atoms with E-state index in [1.165, 1.54) is 0 Å². The van der Waals surface area contributed by atoms with Gasteiger partial charge < -0.3 is 9.47 Å². The molecule has 0 bridgehead atoms. The lowest BCUT2D eigenvalue weighted by Crippen LogP contribution is -2.06. The molecule has 7 heteroatoms. The molecule has 0 saturated heterocycles. The van der Waals surface area contributed by atoms with E-state index in [0.717, 1.165) is 40.8 Å². The van der Waals surface area contributed by atoms with E-state index in [1.54, 1.807) is 7.11 Å². The number of methoxy groups -OCH3 is 1. The van der Waals surface area contributed by atoms with Crippen molar-refractivity contribution >= 4 is 10.9 Å². The van der Waals surface area contributed by atoms with E-state index in [1.807, 2.05) is 48.5 Å². The number of benzene rings is 2. The van der Waals surface area contributed by atoms with Crippen LogP contribution in [0.25, 0.3) is 10.9 Å². The maximum Gasteiger partial charge on any atom is 0.174 e. The number of rotatable bonds is 8. The zero-order chi connectivity index (χ0) is 19.2. The van der Waals surface area contributed by atoms with E-state index < -0.39 is 0 Å². The average molecular weight is 375 g/mol. The molecule has 2 heterocycles. The molecule has 28 heavy (non-hydrogen) atoms. The highest BCUT2D eigenvalue weighted by atomic mass is 16.5. The molecular formula is C21H21N5O2. The number of hydrogen-bond donors (Lipinski definition) is 1. The summed E-state index contributed by atoms with van der Waals surface area (Å²) in [6, 6.07) is 20.1. The molecule has 4 aromatic rings. The molecule has 142 valence electrons. The summed E-state index contributed by atoms with van der Waals surface area (Å²) in [4.78, 5) is 4.75. The molecule has 0 radical (unpaired) electrons. The fourth-order valence-corrected chi connectivity index (χ4v) is 3.10. The van der Waals surface area contributed by atoms with Crippen molar-refractivity contribution in [1.82, 2.24) is 25.6 Å². The molecule has 0 aliphatic heterocycles. The lowest BCUT2D eigenvalue weighted by Gasteiger charge is -2.16. The fourth-order valence-electron chi connectivity index (χ4n) is 3.10. The lowest BCUT2D eigenvalue weighted by atomic mass is 10.0. The van der Waals surface area contributed by atoms with Crippen LogP contribution in [0.1, 0.15) is 29.6 Å². The molecule has 7 nitrogen and oxygen atoms in total. The largest absolute Gasteiger partial charge is 0.494 e. The van der Waals surface area contributed by atoms with E-state index in [0.29, 0.717) is 12.4 Å². The molecule has 2 aromatic heterocycles. The maximum atomic E-state index is 5.79. The Labute approximate surface area is 162 Å². The Morgan fingerprint density at radius 2 is 1.86 bits per heavy atom. The topological polar surface area (TPSA) is 85.8 Å². The van der Waals surface area contributed by atoms with Crippen LogP contribution in [0.15, 0.2) is 60.7 Å². The molecule has 1 N–H and O–H groups in total.